The number of esters is 1. The van der Waals surface area contributed by atoms with E-state index in [4.69, 9.17) is 4.74 Å². The second-order valence-corrected chi connectivity index (χ2v) is 8.44. The van der Waals surface area contributed by atoms with Gasteiger partial charge in [0.25, 0.3) is 0 Å². The molecular formula is C17H28N2O2S. The molecule has 124 valence electrons. The lowest BCUT2D eigenvalue weighted by Crippen LogP contribution is -2.41. The fraction of sp³-hybridized carbons (Fsp3) is 0.765. The predicted octanol–water partition coefficient (Wildman–Crippen LogP) is 3.87. The molecule has 5 heteroatoms. The Morgan fingerprint density at radius 3 is 2.68 bits per heavy atom. The molecule has 0 aliphatic heterocycles. The van der Waals surface area contributed by atoms with Gasteiger partial charge >= 0.3 is 5.97 Å². The number of rotatable bonds is 7. The van der Waals surface area contributed by atoms with Gasteiger partial charge in [0.15, 0.2) is 0 Å². The van der Waals surface area contributed by atoms with Crippen molar-refractivity contribution in [2.75, 3.05) is 0 Å². The number of carbonyl (C=O) groups is 1. The van der Waals surface area contributed by atoms with E-state index in [1.807, 2.05) is 20.8 Å². The van der Waals surface area contributed by atoms with Crippen LogP contribution in [-0.2, 0) is 16.1 Å². The summed E-state index contributed by atoms with van der Waals surface area (Å²) in [6.07, 6.45) is 3.32. The second-order valence-electron chi connectivity index (χ2n) is 7.55. The monoisotopic (exact) mass is 324 g/mol. The molecule has 1 aromatic rings. The van der Waals surface area contributed by atoms with Crippen LogP contribution < -0.4 is 5.32 Å². The Labute approximate surface area is 137 Å². The van der Waals surface area contributed by atoms with Crippen LogP contribution in [0.1, 0.15) is 70.5 Å². The van der Waals surface area contributed by atoms with E-state index < -0.39 is 5.60 Å². The molecule has 1 saturated carbocycles. The number of aromatic nitrogens is 1. The molecule has 1 aliphatic carbocycles. The minimum atomic E-state index is -0.451. The Morgan fingerprint density at radius 2 is 2.14 bits per heavy atom. The van der Waals surface area contributed by atoms with Gasteiger partial charge < -0.3 is 4.74 Å². The molecule has 1 fully saturated rings. The van der Waals surface area contributed by atoms with Crippen LogP contribution in [-0.4, -0.2) is 22.6 Å². The number of hydrogen-bond acceptors (Lipinski definition) is 5. The molecule has 1 atom stereocenters. The van der Waals surface area contributed by atoms with E-state index in [0.29, 0.717) is 18.4 Å². The van der Waals surface area contributed by atoms with Gasteiger partial charge in [-0.15, -0.1) is 11.3 Å². The molecule has 1 heterocycles. The summed E-state index contributed by atoms with van der Waals surface area (Å²) in [7, 11) is 0. The zero-order chi connectivity index (χ0) is 16.3. The molecule has 1 aliphatic rings. The standard InChI is InChI=1S/C17H28N2O2S/c1-11(2)8-14(16(20)21-17(3,4)5)18-9-13-10-22-15(19-13)12-6-7-12/h10-12,14,18H,6-9H2,1-5H3/t14-/m1/s1. The van der Waals surface area contributed by atoms with Crippen molar-refractivity contribution < 1.29 is 9.53 Å². The van der Waals surface area contributed by atoms with Gasteiger partial charge in [-0.1, -0.05) is 13.8 Å². The van der Waals surface area contributed by atoms with Gasteiger partial charge in [0.2, 0.25) is 0 Å². The normalized spacial score (nSPS) is 16.8. The third-order valence-corrected chi connectivity index (χ3v) is 4.48. The predicted molar refractivity (Wildman–Crippen MR) is 90.0 cm³/mol. The van der Waals surface area contributed by atoms with E-state index >= 15 is 0 Å². The number of nitrogens with one attached hydrogen (secondary N) is 1. The van der Waals surface area contributed by atoms with Crippen molar-refractivity contribution in [1.82, 2.24) is 10.3 Å². The van der Waals surface area contributed by atoms with E-state index in [9.17, 15) is 4.79 Å². The molecule has 2 rings (SSSR count). The van der Waals surface area contributed by atoms with Crippen LogP contribution in [0.25, 0.3) is 0 Å². The van der Waals surface area contributed by atoms with Crippen molar-refractivity contribution in [2.24, 2.45) is 5.92 Å². The third kappa shape index (κ3) is 5.69. The van der Waals surface area contributed by atoms with Gasteiger partial charge in [0, 0.05) is 17.8 Å². The van der Waals surface area contributed by atoms with Gasteiger partial charge in [-0.05, 0) is 46.0 Å². The summed E-state index contributed by atoms with van der Waals surface area (Å²) in [6.45, 7) is 10.6. The maximum atomic E-state index is 12.3. The largest absolute Gasteiger partial charge is 0.459 e. The molecule has 1 aromatic heterocycles. The molecule has 0 radical (unpaired) electrons. The molecule has 0 bridgehead atoms. The summed E-state index contributed by atoms with van der Waals surface area (Å²) < 4.78 is 5.52. The zero-order valence-electron chi connectivity index (χ0n) is 14.3. The quantitative estimate of drug-likeness (QED) is 0.774. The molecule has 0 saturated heterocycles. The first-order valence-corrected chi connectivity index (χ1v) is 9.03. The summed E-state index contributed by atoms with van der Waals surface area (Å²) in [4.78, 5) is 17.0. The number of nitrogens with zero attached hydrogens (tertiary/aromatic N) is 1. The summed E-state index contributed by atoms with van der Waals surface area (Å²) in [5.74, 6) is 0.956. The Balaban J connectivity index is 1.91. The minimum absolute atomic E-state index is 0.168. The van der Waals surface area contributed by atoms with Crippen LogP contribution in [0.15, 0.2) is 5.38 Å². The fourth-order valence-electron chi connectivity index (χ4n) is 2.26. The van der Waals surface area contributed by atoms with E-state index in [1.54, 1.807) is 11.3 Å². The Morgan fingerprint density at radius 1 is 1.45 bits per heavy atom. The van der Waals surface area contributed by atoms with Crippen molar-refractivity contribution in [2.45, 2.75) is 78.0 Å². The molecule has 1 N–H and O–H groups in total. The highest BCUT2D eigenvalue weighted by molar-refractivity contribution is 7.09. The van der Waals surface area contributed by atoms with Crippen LogP contribution in [0, 0.1) is 5.92 Å². The zero-order valence-corrected chi connectivity index (χ0v) is 15.1. The fourth-order valence-corrected chi connectivity index (χ4v) is 3.25. The van der Waals surface area contributed by atoms with Crippen LogP contribution in [0.4, 0.5) is 0 Å². The molecule has 0 spiro atoms. The summed E-state index contributed by atoms with van der Waals surface area (Å²) in [5.41, 5.74) is 0.581. The first-order valence-electron chi connectivity index (χ1n) is 8.15. The van der Waals surface area contributed by atoms with Crippen molar-refractivity contribution in [3.63, 3.8) is 0 Å². The van der Waals surface area contributed by atoms with Crippen molar-refractivity contribution in [3.05, 3.63) is 16.1 Å². The molecule has 0 amide bonds. The number of carbonyl (C=O) groups excluding carboxylic acids is 1. The number of thiazole rings is 1. The van der Waals surface area contributed by atoms with Crippen LogP contribution in [0.2, 0.25) is 0 Å². The lowest BCUT2D eigenvalue weighted by atomic mass is 10.0. The van der Waals surface area contributed by atoms with Gasteiger partial charge in [-0.25, -0.2) is 4.98 Å². The Hall–Kier alpha value is -0.940. The minimum Gasteiger partial charge on any atom is -0.459 e. The average molecular weight is 324 g/mol. The van der Waals surface area contributed by atoms with Crippen molar-refractivity contribution >= 4 is 17.3 Å². The van der Waals surface area contributed by atoms with Gasteiger partial charge in [-0.2, -0.15) is 0 Å². The highest BCUT2D eigenvalue weighted by Gasteiger charge is 2.28. The van der Waals surface area contributed by atoms with Crippen LogP contribution >= 0.6 is 11.3 Å². The van der Waals surface area contributed by atoms with Crippen molar-refractivity contribution in [1.29, 1.82) is 0 Å². The molecular weight excluding hydrogens is 296 g/mol. The summed E-state index contributed by atoms with van der Waals surface area (Å²) >= 11 is 1.74. The molecule has 0 unspecified atom stereocenters. The first-order chi connectivity index (χ1) is 10.2. The second kappa shape index (κ2) is 7.09. The van der Waals surface area contributed by atoms with E-state index in [0.717, 1.165) is 12.1 Å². The maximum absolute atomic E-state index is 12.3. The lowest BCUT2D eigenvalue weighted by Gasteiger charge is -2.25. The third-order valence-electron chi connectivity index (χ3n) is 3.42. The molecule has 4 nitrogen and oxygen atoms in total. The Kier molecular flexibility index (Phi) is 5.61. The SMILES string of the molecule is CC(C)C[C@@H](NCc1csc(C2CC2)n1)C(=O)OC(C)(C)C. The van der Waals surface area contributed by atoms with Gasteiger partial charge in [0.1, 0.15) is 11.6 Å². The molecule has 0 aromatic carbocycles. The van der Waals surface area contributed by atoms with Crippen LogP contribution in [0.3, 0.4) is 0 Å². The van der Waals surface area contributed by atoms with E-state index in [2.05, 4.69) is 29.5 Å². The Bertz CT molecular complexity index is 501. The summed E-state index contributed by atoms with van der Waals surface area (Å²) in [6, 6.07) is -0.273. The lowest BCUT2D eigenvalue weighted by molar-refractivity contribution is -0.158. The smallest absolute Gasteiger partial charge is 0.323 e. The van der Waals surface area contributed by atoms with Gasteiger partial charge in [0.05, 0.1) is 10.7 Å². The topological polar surface area (TPSA) is 51.2 Å². The highest BCUT2D eigenvalue weighted by atomic mass is 32.1. The number of ether oxygens (including phenoxy) is 1. The first kappa shape index (κ1) is 17.4. The van der Waals surface area contributed by atoms with Crippen LogP contribution in [0.5, 0.6) is 0 Å². The van der Waals surface area contributed by atoms with E-state index in [-0.39, 0.29) is 12.0 Å². The number of hydrogen-bond donors (Lipinski definition) is 1. The molecule has 22 heavy (non-hydrogen) atoms. The van der Waals surface area contributed by atoms with Gasteiger partial charge in [-0.3, -0.25) is 10.1 Å². The highest BCUT2D eigenvalue weighted by Crippen LogP contribution is 2.41. The summed E-state index contributed by atoms with van der Waals surface area (Å²) in [5, 5.41) is 6.68. The average Bonchev–Trinajstić information content (AvgIpc) is 3.12. The van der Waals surface area contributed by atoms with Crippen molar-refractivity contribution in [3.8, 4) is 0 Å². The maximum Gasteiger partial charge on any atom is 0.323 e. The van der Waals surface area contributed by atoms with E-state index in [1.165, 1.54) is 17.8 Å².